The van der Waals surface area contributed by atoms with Gasteiger partial charge in [-0.05, 0) is 30.0 Å². The minimum atomic E-state index is -0.969. The lowest BCUT2D eigenvalue weighted by Crippen LogP contribution is -2.13. The highest BCUT2D eigenvalue weighted by molar-refractivity contribution is 6.02. The third-order valence-electron chi connectivity index (χ3n) is 4.13. The number of rotatable bonds is 6. The lowest BCUT2D eigenvalue weighted by atomic mass is 10.1. The number of carboxylic acids is 2. The van der Waals surface area contributed by atoms with E-state index in [9.17, 15) is 14.4 Å². The fourth-order valence-corrected chi connectivity index (χ4v) is 2.61. The number of aliphatic carboxylic acids is 2. The largest absolute Gasteiger partial charge is 0.481 e. The molecule has 0 fully saturated rings. The molecule has 3 aromatic carbocycles. The SMILES string of the molecule is Cc1ccc(C=CC(=O)O)cc1.O=C(O)CCC(=O)Nc1cccc2ccccc12. The molecule has 0 heterocycles. The van der Waals surface area contributed by atoms with E-state index >= 15 is 0 Å². The number of aryl methyl sites for hydroxylation is 1. The molecule has 3 rings (SSSR count). The van der Waals surface area contributed by atoms with Crippen LogP contribution in [0.3, 0.4) is 0 Å². The molecular formula is C24H23NO5. The summed E-state index contributed by atoms with van der Waals surface area (Å²) in [5.74, 6) is -2.17. The van der Waals surface area contributed by atoms with E-state index in [1.807, 2.05) is 67.6 Å². The van der Waals surface area contributed by atoms with E-state index in [4.69, 9.17) is 10.2 Å². The van der Waals surface area contributed by atoms with Crippen LogP contribution in [0.4, 0.5) is 5.69 Å². The molecule has 0 radical (unpaired) electrons. The number of hydrogen-bond donors (Lipinski definition) is 3. The molecule has 0 saturated carbocycles. The van der Waals surface area contributed by atoms with Crippen LogP contribution in [-0.4, -0.2) is 28.1 Å². The Bertz CT molecular complexity index is 1050. The number of amides is 1. The molecule has 0 aromatic heterocycles. The lowest BCUT2D eigenvalue weighted by Gasteiger charge is -2.07. The molecule has 3 N–H and O–H groups in total. The summed E-state index contributed by atoms with van der Waals surface area (Å²) in [7, 11) is 0. The molecule has 3 aromatic rings. The highest BCUT2D eigenvalue weighted by Crippen LogP contribution is 2.23. The van der Waals surface area contributed by atoms with Crippen LogP contribution in [0.2, 0.25) is 0 Å². The predicted octanol–water partition coefficient (Wildman–Crippen LogP) is 4.74. The van der Waals surface area contributed by atoms with E-state index in [0.29, 0.717) is 5.69 Å². The fraction of sp³-hybridized carbons (Fsp3) is 0.125. The van der Waals surface area contributed by atoms with E-state index in [1.165, 1.54) is 5.56 Å². The number of nitrogens with one attached hydrogen (secondary N) is 1. The lowest BCUT2D eigenvalue weighted by molar-refractivity contribution is -0.138. The van der Waals surface area contributed by atoms with Crippen molar-refractivity contribution in [1.29, 1.82) is 0 Å². The summed E-state index contributed by atoms with van der Waals surface area (Å²) in [5, 5.41) is 21.6. The van der Waals surface area contributed by atoms with Crippen LogP contribution in [0.5, 0.6) is 0 Å². The highest BCUT2D eigenvalue weighted by Gasteiger charge is 2.07. The normalized spacial score (nSPS) is 10.3. The average Bonchev–Trinajstić information content (AvgIpc) is 2.72. The number of anilines is 1. The first-order chi connectivity index (χ1) is 14.3. The average molecular weight is 405 g/mol. The minimum Gasteiger partial charge on any atom is -0.481 e. The molecule has 0 saturated heterocycles. The van der Waals surface area contributed by atoms with Crippen molar-refractivity contribution in [3.8, 4) is 0 Å². The molecule has 0 unspecified atom stereocenters. The zero-order chi connectivity index (χ0) is 21.9. The second-order valence-electron chi connectivity index (χ2n) is 6.55. The van der Waals surface area contributed by atoms with Gasteiger partial charge in [0.1, 0.15) is 0 Å². The third kappa shape index (κ3) is 7.59. The number of carboxylic acid groups (broad SMARTS) is 2. The van der Waals surface area contributed by atoms with Crippen LogP contribution >= 0.6 is 0 Å². The second-order valence-corrected chi connectivity index (χ2v) is 6.55. The van der Waals surface area contributed by atoms with Crippen LogP contribution in [0.1, 0.15) is 24.0 Å². The minimum absolute atomic E-state index is 0.0153. The summed E-state index contributed by atoms with van der Waals surface area (Å²) in [5.41, 5.74) is 2.79. The standard InChI is InChI=1S/C14H13NO3.C10H10O2/c16-13(8-9-14(17)18)15-12-7-3-5-10-4-1-2-6-11(10)12;1-8-2-4-9(5-3-8)6-7-10(11)12/h1-7H,8-9H2,(H,15,16)(H,17,18);2-7H,1H3,(H,11,12). The van der Waals surface area contributed by atoms with E-state index in [2.05, 4.69) is 5.32 Å². The summed E-state index contributed by atoms with van der Waals surface area (Å²) >= 11 is 0. The molecule has 1 amide bonds. The van der Waals surface area contributed by atoms with E-state index in [1.54, 1.807) is 12.1 Å². The summed E-state index contributed by atoms with van der Waals surface area (Å²) in [6.45, 7) is 1.99. The quantitative estimate of drug-likeness (QED) is 0.514. The van der Waals surface area contributed by atoms with Gasteiger partial charge in [0.2, 0.25) is 5.91 Å². The van der Waals surface area contributed by atoms with E-state index in [-0.39, 0.29) is 18.7 Å². The Morgan fingerprint density at radius 1 is 0.867 bits per heavy atom. The van der Waals surface area contributed by atoms with Crippen molar-refractivity contribution in [2.75, 3.05) is 5.32 Å². The number of fused-ring (bicyclic) bond motifs is 1. The first kappa shape index (κ1) is 22.4. The van der Waals surface area contributed by atoms with Crippen LogP contribution in [0, 0.1) is 6.92 Å². The van der Waals surface area contributed by atoms with Crippen LogP contribution < -0.4 is 5.32 Å². The van der Waals surface area contributed by atoms with Gasteiger partial charge in [-0.2, -0.15) is 0 Å². The molecule has 0 spiro atoms. The van der Waals surface area contributed by atoms with Crippen molar-refractivity contribution in [1.82, 2.24) is 0 Å². The van der Waals surface area contributed by atoms with Gasteiger partial charge in [-0.1, -0.05) is 66.2 Å². The van der Waals surface area contributed by atoms with Crippen LogP contribution in [0.15, 0.2) is 72.8 Å². The van der Waals surface area contributed by atoms with Gasteiger partial charge in [-0.3, -0.25) is 9.59 Å². The van der Waals surface area contributed by atoms with Gasteiger partial charge in [0.25, 0.3) is 0 Å². The van der Waals surface area contributed by atoms with Gasteiger partial charge in [0.15, 0.2) is 0 Å². The smallest absolute Gasteiger partial charge is 0.328 e. The van der Waals surface area contributed by atoms with Crippen molar-refractivity contribution < 1.29 is 24.6 Å². The van der Waals surface area contributed by atoms with Gasteiger partial charge in [0.05, 0.1) is 6.42 Å². The zero-order valence-electron chi connectivity index (χ0n) is 16.5. The molecule has 0 aliphatic rings. The van der Waals surface area contributed by atoms with Gasteiger partial charge in [-0.25, -0.2) is 4.79 Å². The molecule has 154 valence electrons. The fourth-order valence-electron chi connectivity index (χ4n) is 2.61. The molecule has 30 heavy (non-hydrogen) atoms. The predicted molar refractivity (Wildman–Crippen MR) is 117 cm³/mol. The first-order valence-electron chi connectivity index (χ1n) is 9.32. The van der Waals surface area contributed by atoms with Crippen molar-refractivity contribution in [3.05, 3.63) is 83.9 Å². The van der Waals surface area contributed by atoms with Crippen molar-refractivity contribution in [2.24, 2.45) is 0 Å². The Balaban J connectivity index is 0.000000232. The Morgan fingerprint density at radius 2 is 1.53 bits per heavy atom. The third-order valence-corrected chi connectivity index (χ3v) is 4.13. The molecule has 0 atom stereocenters. The molecular weight excluding hydrogens is 382 g/mol. The topological polar surface area (TPSA) is 104 Å². The highest BCUT2D eigenvalue weighted by atomic mass is 16.4. The first-order valence-corrected chi connectivity index (χ1v) is 9.32. The Hall–Kier alpha value is -3.93. The zero-order valence-corrected chi connectivity index (χ0v) is 16.5. The number of hydrogen-bond acceptors (Lipinski definition) is 3. The Kier molecular flexibility index (Phi) is 8.32. The van der Waals surface area contributed by atoms with Gasteiger partial charge in [0, 0.05) is 23.6 Å². The van der Waals surface area contributed by atoms with Crippen LogP contribution in [-0.2, 0) is 14.4 Å². The van der Waals surface area contributed by atoms with Gasteiger partial charge in [-0.15, -0.1) is 0 Å². The van der Waals surface area contributed by atoms with Gasteiger partial charge < -0.3 is 15.5 Å². The maximum Gasteiger partial charge on any atom is 0.328 e. The molecule has 0 bridgehead atoms. The van der Waals surface area contributed by atoms with Gasteiger partial charge >= 0.3 is 11.9 Å². The number of carbonyl (C=O) groups is 3. The number of benzene rings is 3. The van der Waals surface area contributed by atoms with Crippen LogP contribution in [0.25, 0.3) is 16.8 Å². The maximum atomic E-state index is 11.6. The van der Waals surface area contributed by atoms with E-state index < -0.39 is 11.9 Å². The molecule has 6 heteroatoms. The Labute approximate surface area is 174 Å². The summed E-state index contributed by atoms with van der Waals surface area (Å²) in [4.78, 5) is 32.1. The summed E-state index contributed by atoms with van der Waals surface area (Å²) < 4.78 is 0. The van der Waals surface area contributed by atoms with Crippen molar-refractivity contribution in [3.63, 3.8) is 0 Å². The second kappa shape index (κ2) is 11.2. The number of carbonyl (C=O) groups excluding carboxylic acids is 1. The summed E-state index contributed by atoms with van der Waals surface area (Å²) in [6.07, 6.45) is 2.53. The molecule has 0 aliphatic carbocycles. The maximum absolute atomic E-state index is 11.6. The summed E-state index contributed by atoms with van der Waals surface area (Å²) in [6, 6.07) is 21.0. The monoisotopic (exact) mass is 405 g/mol. The molecule has 0 aliphatic heterocycles. The Morgan fingerprint density at radius 3 is 2.20 bits per heavy atom. The molecule has 6 nitrogen and oxygen atoms in total. The van der Waals surface area contributed by atoms with Crippen molar-refractivity contribution in [2.45, 2.75) is 19.8 Å². The van der Waals surface area contributed by atoms with E-state index in [0.717, 1.165) is 22.4 Å². The van der Waals surface area contributed by atoms with Crippen molar-refractivity contribution >= 4 is 40.4 Å².